The Balaban J connectivity index is 1.64. The number of ether oxygens (including phenoxy) is 1. The summed E-state index contributed by atoms with van der Waals surface area (Å²) in [5, 5.41) is 12.6. The van der Waals surface area contributed by atoms with Gasteiger partial charge in [0, 0.05) is 31.8 Å². The predicted molar refractivity (Wildman–Crippen MR) is 105 cm³/mol. The van der Waals surface area contributed by atoms with Crippen molar-refractivity contribution in [2.45, 2.75) is 25.9 Å². The van der Waals surface area contributed by atoms with E-state index in [-0.39, 0.29) is 12.5 Å². The number of carbonyl (C=O) groups excluding carboxylic acids is 1. The van der Waals surface area contributed by atoms with Crippen LogP contribution in [0.2, 0.25) is 0 Å². The summed E-state index contributed by atoms with van der Waals surface area (Å²) in [5.41, 5.74) is 1.66. The van der Waals surface area contributed by atoms with E-state index in [0.717, 1.165) is 30.8 Å². The Hall–Kier alpha value is -2.37. The zero-order valence-corrected chi connectivity index (χ0v) is 15.9. The number of benzene rings is 2. The van der Waals surface area contributed by atoms with Crippen molar-refractivity contribution in [1.29, 1.82) is 0 Å². The molecule has 0 saturated carbocycles. The lowest BCUT2D eigenvalue weighted by atomic mass is 9.82. The van der Waals surface area contributed by atoms with Crippen LogP contribution in [0.1, 0.15) is 24.0 Å². The van der Waals surface area contributed by atoms with Crippen molar-refractivity contribution in [3.63, 3.8) is 0 Å². The SMILES string of the molecule is COc1ccccc1CNC(=O)C1(CCO)CCN(Cc2ccccc2)C1. The molecule has 1 atom stereocenters. The number of nitrogens with one attached hydrogen (secondary N) is 1. The van der Waals surface area contributed by atoms with Crippen LogP contribution < -0.4 is 10.1 Å². The Morgan fingerprint density at radius 2 is 1.93 bits per heavy atom. The summed E-state index contributed by atoms with van der Waals surface area (Å²) >= 11 is 0. The molecule has 1 unspecified atom stereocenters. The van der Waals surface area contributed by atoms with E-state index in [1.54, 1.807) is 7.11 Å². The fraction of sp³-hybridized carbons (Fsp3) is 0.409. The van der Waals surface area contributed by atoms with Gasteiger partial charge in [0.15, 0.2) is 0 Å². The van der Waals surface area contributed by atoms with Crippen LogP contribution in [0.15, 0.2) is 54.6 Å². The number of para-hydroxylation sites is 1. The van der Waals surface area contributed by atoms with Crippen LogP contribution in [0.4, 0.5) is 0 Å². The zero-order chi connectivity index (χ0) is 19.1. The third-order valence-electron chi connectivity index (χ3n) is 5.39. The van der Waals surface area contributed by atoms with Crippen LogP contribution >= 0.6 is 0 Å². The summed E-state index contributed by atoms with van der Waals surface area (Å²) in [4.78, 5) is 15.3. The van der Waals surface area contributed by atoms with Gasteiger partial charge in [0.25, 0.3) is 0 Å². The van der Waals surface area contributed by atoms with Gasteiger partial charge in [0.2, 0.25) is 5.91 Å². The van der Waals surface area contributed by atoms with Crippen molar-refractivity contribution in [3.05, 3.63) is 65.7 Å². The van der Waals surface area contributed by atoms with E-state index in [9.17, 15) is 9.90 Å². The van der Waals surface area contributed by atoms with E-state index in [2.05, 4.69) is 22.3 Å². The first-order valence-corrected chi connectivity index (χ1v) is 9.44. The molecule has 0 radical (unpaired) electrons. The van der Waals surface area contributed by atoms with Gasteiger partial charge in [-0.3, -0.25) is 9.69 Å². The highest BCUT2D eigenvalue weighted by atomic mass is 16.5. The number of nitrogens with zero attached hydrogens (tertiary/aromatic N) is 1. The Bertz CT molecular complexity index is 750. The van der Waals surface area contributed by atoms with Crippen LogP contribution in [0.5, 0.6) is 5.75 Å². The fourth-order valence-corrected chi connectivity index (χ4v) is 3.86. The molecule has 2 N–H and O–H groups in total. The van der Waals surface area contributed by atoms with E-state index in [1.807, 2.05) is 42.5 Å². The molecule has 1 fully saturated rings. The van der Waals surface area contributed by atoms with Crippen molar-refractivity contribution in [3.8, 4) is 5.75 Å². The molecule has 27 heavy (non-hydrogen) atoms. The molecule has 1 saturated heterocycles. The number of carbonyl (C=O) groups is 1. The smallest absolute Gasteiger partial charge is 0.227 e. The van der Waals surface area contributed by atoms with Crippen molar-refractivity contribution < 1.29 is 14.6 Å². The van der Waals surface area contributed by atoms with Gasteiger partial charge >= 0.3 is 0 Å². The van der Waals surface area contributed by atoms with E-state index in [4.69, 9.17) is 4.74 Å². The monoisotopic (exact) mass is 368 g/mol. The molecule has 0 aliphatic carbocycles. The Kier molecular flexibility index (Phi) is 6.48. The predicted octanol–water partition coefficient (Wildman–Crippen LogP) is 2.59. The average Bonchev–Trinajstić information content (AvgIpc) is 3.11. The van der Waals surface area contributed by atoms with Crippen molar-refractivity contribution in [1.82, 2.24) is 10.2 Å². The second-order valence-electron chi connectivity index (χ2n) is 7.19. The minimum Gasteiger partial charge on any atom is -0.496 e. The van der Waals surface area contributed by atoms with Crippen molar-refractivity contribution >= 4 is 5.91 Å². The molecule has 144 valence electrons. The number of amides is 1. The van der Waals surface area contributed by atoms with Crippen LogP contribution in [-0.4, -0.2) is 42.7 Å². The molecule has 5 nitrogen and oxygen atoms in total. The molecule has 1 amide bonds. The highest BCUT2D eigenvalue weighted by molar-refractivity contribution is 5.83. The summed E-state index contributed by atoms with van der Waals surface area (Å²) in [7, 11) is 1.63. The van der Waals surface area contributed by atoms with Crippen LogP contribution in [0, 0.1) is 5.41 Å². The average molecular weight is 368 g/mol. The number of likely N-dealkylation sites (tertiary alicyclic amines) is 1. The lowest BCUT2D eigenvalue weighted by molar-refractivity contribution is -0.131. The molecule has 5 heteroatoms. The molecule has 1 heterocycles. The lowest BCUT2D eigenvalue weighted by Gasteiger charge is -2.28. The van der Waals surface area contributed by atoms with Gasteiger partial charge in [0.05, 0.1) is 12.5 Å². The molecule has 1 aliphatic rings. The van der Waals surface area contributed by atoms with Gasteiger partial charge in [-0.1, -0.05) is 48.5 Å². The number of rotatable bonds is 8. The van der Waals surface area contributed by atoms with Gasteiger partial charge in [-0.05, 0) is 31.0 Å². The quantitative estimate of drug-likeness (QED) is 0.752. The Labute approximate surface area is 161 Å². The van der Waals surface area contributed by atoms with E-state index in [1.165, 1.54) is 5.56 Å². The minimum atomic E-state index is -0.536. The first-order chi connectivity index (χ1) is 13.2. The minimum absolute atomic E-state index is 0.0121. The zero-order valence-electron chi connectivity index (χ0n) is 15.9. The van der Waals surface area contributed by atoms with Gasteiger partial charge in [-0.15, -0.1) is 0 Å². The maximum atomic E-state index is 13.0. The molecule has 2 aromatic carbocycles. The molecule has 1 aliphatic heterocycles. The van der Waals surface area contributed by atoms with Gasteiger partial charge < -0.3 is 15.2 Å². The summed E-state index contributed by atoms with van der Waals surface area (Å²) in [6, 6.07) is 18.0. The second kappa shape index (κ2) is 9.02. The van der Waals surface area contributed by atoms with Gasteiger partial charge in [0.1, 0.15) is 5.75 Å². The molecular weight excluding hydrogens is 340 g/mol. The van der Waals surface area contributed by atoms with Crippen molar-refractivity contribution in [2.75, 3.05) is 26.8 Å². The summed E-state index contributed by atoms with van der Waals surface area (Å²) in [5.74, 6) is 0.782. The van der Waals surface area contributed by atoms with Gasteiger partial charge in [-0.25, -0.2) is 0 Å². The first-order valence-electron chi connectivity index (χ1n) is 9.44. The van der Waals surface area contributed by atoms with Crippen LogP contribution in [-0.2, 0) is 17.9 Å². The van der Waals surface area contributed by atoms with E-state index < -0.39 is 5.41 Å². The molecular formula is C22H28N2O3. The molecule has 0 bridgehead atoms. The first kappa shape index (κ1) is 19.4. The van der Waals surface area contributed by atoms with Gasteiger partial charge in [-0.2, -0.15) is 0 Å². The molecule has 0 spiro atoms. The summed E-state index contributed by atoms with van der Waals surface area (Å²) in [6.07, 6.45) is 1.24. The number of methoxy groups -OCH3 is 1. The maximum absolute atomic E-state index is 13.0. The molecule has 2 aromatic rings. The Morgan fingerprint density at radius 3 is 2.67 bits per heavy atom. The normalized spacial score (nSPS) is 19.8. The topological polar surface area (TPSA) is 61.8 Å². The largest absolute Gasteiger partial charge is 0.496 e. The van der Waals surface area contributed by atoms with Crippen LogP contribution in [0.25, 0.3) is 0 Å². The standard InChI is InChI=1S/C22H28N2O3/c1-27-20-10-6-5-9-19(20)15-23-21(26)22(12-14-25)11-13-24(17-22)16-18-7-3-2-4-8-18/h2-10,25H,11-17H2,1H3,(H,23,26). The summed E-state index contributed by atoms with van der Waals surface area (Å²) < 4.78 is 5.36. The highest BCUT2D eigenvalue weighted by Crippen LogP contribution is 2.35. The fourth-order valence-electron chi connectivity index (χ4n) is 3.86. The lowest BCUT2D eigenvalue weighted by Crippen LogP contribution is -2.43. The van der Waals surface area contributed by atoms with E-state index in [0.29, 0.717) is 19.5 Å². The number of aliphatic hydroxyl groups is 1. The molecule has 0 aromatic heterocycles. The van der Waals surface area contributed by atoms with E-state index >= 15 is 0 Å². The summed E-state index contributed by atoms with van der Waals surface area (Å²) in [6.45, 7) is 2.79. The number of hydrogen-bond acceptors (Lipinski definition) is 4. The highest BCUT2D eigenvalue weighted by Gasteiger charge is 2.43. The maximum Gasteiger partial charge on any atom is 0.227 e. The number of hydrogen-bond donors (Lipinski definition) is 2. The second-order valence-corrected chi connectivity index (χ2v) is 7.19. The third-order valence-corrected chi connectivity index (χ3v) is 5.39. The van der Waals surface area contributed by atoms with Crippen molar-refractivity contribution in [2.24, 2.45) is 5.41 Å². The third kappa shape index (κ3) is 4.67. The molecule has 3 rings (SSSR count). The van der Waals surface area contributed by atoms with Crippen LogP contribution in [0.3, 0.4) is 0 Å². The number of aliphatic hydroxyl groups excluding tert-OH is 1. The Morgan fingerprint density at radius 1 is 1.19 bits per heavy atom.